The van der Waals surface area contributed by atoms with Crippen LogP contribution in [0, 0.1) is 17.1 Å². The zero-order valence-corrected chi connectivity index (χ0v) is 7.29. The Bertz CT molecular complexity index is 432. The van der Waals surface area contributed by atoms with Crippen molar-refractivity contribution >= 4 is 0 Å². The lowest BCUT2D eigenvalue weighted by atomic mass is 9.96. The van der Waals surface area contributed by atoms with Crippen molar-refractivity contribution in [2.24, 2.45) is 0 Å². The summed E-state index contributed by atoms with van der Waals surface area (Å²) in [5, 5.41) is 27.4. The maximum Gasteiger partial charge on any atom is 0.173 e. The monoisotopic (exact) mass is 193 g/mol. The van der Waals surface area contributed by atoms with E-state index in [9.17, 15) is 9.50 Å². The van der Waals surface area contributed by atoms with E-state index in [1.807, 2.05) is 6.07 Å². The number of benzene rings is 1. The van der Waals surface area contributed by atoms with Gasteiger partial charge in [-0.05, 0) is 25.0 Å². The first-order valence-electron chi connectivity index (χ1n) is 4.23. The summed E-state index contributed by atoms with van der Waals surface area (Å²) in [6, 6.07) is 4.24. The van der Waals surface area contributed by atoms with Gasteiger partial charge >= 0.3 is 0 Å². The van der Waals surface area contributed by atoms with Gasteiger partial charge in [-0.1, -0.05) is 0 Å². The highest BCUT2D eigenvalue weighted by molar-refractivity contribution is 5.51. The maximum absolute atomic E-state index is 13.4. The molecule has 0 unspecified atom stereocenters. The SMILES string of the molecule is N#CC1(c2c(O)ccc(O)c2F)CC1. The van der Waals surface area contributed by atoms with E-state index < -0.39 is 17.0 Å². The number of nitriles is 1. The second-order valence-corrected chi connectivity index (χ2v) is 3.49. The molecule has 2 N–H and O–H groups in total. The zero-order chi connectivity index (χ0) is 10.3. The van der Waals surface area contributed by atoms with E-state index >= 15 is 0 Å². The van der Waals surface area contributed by atoms with Crippen LogP contribution in [0.15, 0.2) is 12.1 Å². The van der Waals surface area contributed by atoms with Crippen LogP contribution in [-0.4, -0.2) is 10.2 Å². The van der Waals surface area contributed by atoms with E-state index in [1.54, 1.807) is 0 Å². The van der Waals surface area contributed by atoms with Crippen LogP contribution in [-0.2, 0) is 5.41 Å². The Morgan fingerprint density at radius 2 is 1.86 bits per heavy atom. The number of phenols is 2. The molecule has 0 amide bonds. The summed E-state index contributed by atoms with van der Waals surface area (Å²) < 4.78 is 13.4. The lowest BCUT2D eigenvalue weighted by molar-refractivity contribution is 0.410. The Balaban J connectivity index is 2.64. The summed E-state index contributed by atoms with van der Waals surface area (Å²) in [6.45, 7) is 0. The van der Waals surface area contributed by atoms with E-state index in [2.05, 4.69) is 0 Å². The van der Waals surface area contributed by atoms with Gasteiger partial charge < -0.3 is 10.2 Å². The van der Waals surface area contributed by atoms with Gasteiger partial charge in [0, 0.05) is 0 Å². The van der Waals surface area contributed by atoms with Crippen molar-refractivity contribution < 1.29 is 14.6 Å². The molecule has 3 nitrogen and oxygen atoms in total. The molecule has 0 aromatic heterocycles. The van der Waals surface area contributed by atoms with Crippen LogP contribution in [0.25, 0.3) is 0 Å². The lowest BCUT2D eigenvalue weighted by Gasteiger charge is -2.10. The fourth-order valence-electron chi connectivity index (χ4n) is 1.55. The molecular weight excluding hydrogens is 185 g/mol. The first kappa shape index (κ1) is 8.82. The predicted molar refractivity (Wildman–Crippen MR) is 46.3 cm³/mol. The molecule has 0 spiro atoms. The molecular formula is C10H8FNO2. The van der Waals surface area contributed by atoms with Crippen LogP contribution >= 0.6 is 0 Å². The molecule has 1 aliphatic rings. The third kappa shape index (κ3) is 1.02. The fraction of sp³-hybridized carbons (Fsp3) is 0.300. The van der Waals surface area contributed by atoms with Gasteiger partial charge in [0.25, 0.3) is 0 Å². The van der Waals surface area contributed by atoms with Gasteiger partial charge in [0.05, 0.1) is 17.0 Å². The average molecular weight is 193 g/mol. The van der Waals surface area contributed by atoms with Crippen LogP contribution in [0.1, 0.15) is 18.4 Å². The summed E-state index contributed by atoms with van der Waals surface area (Å²) in [5.74, 6) is -1.68. The second-order valence-electron chi connectivity index (χ2n) is 3.49. The summed E-state index contributed by atoms with van der Waals surface area (Å²) in [5.41, 5.74) is -0.993. The second kappa shape index (κ2) is 2.61. The third-order valence-electron chi connectivity index (χ3n) is 2.54. The standard InChI is InChI=1S/C10H8FNO2/c11-9-7(14)2-1-6(13)8(9)10(5-12)3-4-10/h1-2,13-14H,3-4H2. The van der Waals surface area contributed by atoms with Gasteiger partial charge in [-0.25, -0.2) is 4.39 Å². The van der Waals surface area contributed by atoms with Crippen molar-refractivity contribution in [3.63, 3.8) is 0 Å². The summed E-state index contributed by atoms with van der Waals surface area (Å²) in [4.78, 5) is 0. The Morgan fingerprint density at radius 3 is 2.36 bits per heavy atom. The fourth-order valence-corrected chi connectivity index (χ4v) is 1.55. The average Bonchev–Trinajstić information content (AvgIpc) is 2.93. The van der Waals surface area contributed by atoms with Crippen LogP contribution in [0.2, 0.25) is 0 Å². The third-order valence-corrected chi connectivity index (χ3v) is 2.54. The molecule has 72 valence electrons. The van der Waals surface area contributed by atoms with E-state index in [1.165, 1.54) is 6.07 Å². The normalized spacial score (nSPS) is 17.4. The smallest absolute Gasteiger partial charge is 0.173 e. The first-order chi connectivity index (χ1) is 6.60. The van der Waals surface area contributed by atoms with Crippen molar-refractivity contribution in [3.8, 4) is 17.6 Å². The highest BCUT2D eigenvalue weighted by atomic mass is 19.1. The van der Waals surface area contributed by atoms with Crippen LogP contribution in [0.4, 0.5) is 4.39 Å². The minimum absolute atomic E-state index is 0.0694. The van der Waals surface area contributed by atoms with Crippen molar-refractivity contribution in [1.82, 2.24) is 0 Å². The topological polar surface area (TPSA) is 64.2 Å². The van der Waals surface area contributed by atoms with E-state index in [4.69, 9.17) is 10.4 Å². The van der Waals surface area contributed by atoms with Gasteiger partial charge in [-0.15, -0.1) is 0 Å². The van der Waals surface area contributed by atoms with Crippen molar-refractivity contribution in [1.29, 1.82) is 5.26 Å². The Labute approximate surface area is 80.0 Å². The number of halogens is 1. The Hall–Kier alpha value is -1.76. The summed E-state index contributed by atoms with van der Waals surface area (Å²) in [6.07, 6.45) is 1.05. The molecule has 1 aromatic rings. The van der Waals surface area contributed by atoms with E-state index in [0.29, 0.717) is 12.8 Å². The number of hydrogen-bond donors (Lipinski definition) is 2. The number of aromatic hydroxyl groups is 2. The molecule has 4 heteroatoms. The number of hydrogen-bond acceptors (Lipinski definition) is 3. The number of nitrogens with zero attached hydrogens (tertiary/aromatic N) is 1. The molecule has 1 aromatic carbocycles. The minimum atomic E-state index is -0.924. The largest absolute Gasteiger partial charge is 0.507 e. The highest BCUT2D eigenvalue weighted by Crippen LogP contribution is 2.52. The number of phenolic OH excluding ortho intramolecular Hbond substituents is 2. The molecule has 0 bridgehead atoms. The van der Waals surface area contributed by atoms with Crippen molar-refractivity contribution in [2.45, 2.75) is 18.3 Å². The van der Waals surface area contributed by atoms with Gasteiger partial charge in [-0.2, -0.15) is 5.26 Å². The van der Waals surface area contributed by atoms with Crippen LogP contribution in [0.3, 0.4) is 0 Å². The van der Waals surface area contributed by atoms with Crippen LogP contribution in [0.5, 0.6) is 11.5 Å². The van der Waals surface area contributed by atoms with Gasteiger partial charge in [0.1, 0.15) is 5.75 Å². The molecule has 1 aliphatic carbocycles. The molecule has 0 atom stereocenters. The van der Waals surface area contributed by atoms with Gasteiger partial charge in [-0.3, -0.25) is 0 Å². The quantitative estimate of drug-likeness (QED) is 0.668. The lowest BCUT2D eigenvalue weighted by Crippen LogP contribution is -2.06. The Morgan fingerprint density at radius 1 is 1.29 bits per heavy atom. The molecule has 0 radical (unpaired) electrons. The van der Waals surface area contributed by atoms with Gasteiger partial charge in [0.2, 0.25) is 0 Å². The molecule has 2 rings (SSSR count). The van der Waals surface area contributed by atoms with E-state index in [-0.39, 0.29) is 11.3 Å². The van der Waals surface area contributed by atoms with E-state index in [0.717, 1.165) is 6.07 Å². The zero-order valence-electron chi connectivity index (χ0n) is 7.29. The van der Waals surface area contributed by atoms with Crippen molar-refractivity contribution in [2.75, 3.05) is 0 Å². The Kier molecular flexibility index (Phi) is 1.65. The minimum Gasteiger partial charge on any atom is -0.507 e. The highest BCUT2D eigenvalue weighted by Gasteiger charge is 2.49. The molecule has 0 aliphatic heterocycles. The molecule has 0 heterocycles. The molecule has 1 fully saturated rings. The predicted octanol–water partition coefficient (Wildman–Crippen LogP) is 1.79. The number of rotatable bonds is 1. The summed E-state index contributed by atoms with van der Waals surface area (Å²) >= 11 is 0. The van der Waals surface area contributed by atoms with Gasteiger partial charge in [0.15, 0.2) is 11.6 Å². The molecule has 1 saturated carbocycles. The first-order valence-corrected chi connectivity index (χ1v) is 4.23. The molecule has 0 saturated heterocycles. The summed E-state index contributed by atoms with van der Waals surface area (Å²) in [7, 11) is 0. The molecule has 14 heavy (non-hydrogen) atoms. The maximum atomic E-state index is 13.4. The van der Waals surface area contributed by atoms with Crippen molar-refractivity contribution in [3.05, 3.63) is 23.5 Å². The van der Waals surface area contributed by atoms with Crippen LogP contribution < -0.4 is 0 Å².